The zero-order chi connectivity index (χ0) is 9.90. The molecule has 0 aliphatic heterocycles. The second-order valence-electron chi connectivity index (χ2n) is 4.17. The van der Waals surface area contributed by atoms with E-state index in [4.69, 9.17) is 0 Å². The van der Waals surface area contributed by atoms with Crippen molar-refractivity contribution in [3.63, 3.8) is 0 Å². The highest BCUT2D eigenvalue weighted by molar-refractivity contribution is 5.85. The van der Waals surface area contributed by atoms with Gasteiger partial charge in [0.25, 0.3) is 0 Å². The minimum absolute atomic E-state index is 0.228. The zero-order valence-corrected chi connectivity index (χ0v) is 8.37. The Labute approximate surface area is 79.0 Å². The van der Waals surface area contributed by atoms with E-state index in [9.17, 15) is 4.79 Å². The summed E-state index contributed by atoms with van der Waals surface area (Å²) in [7, 11) is 0. The maximum absolute atomic E-state index is 11.6. The van der Waals surface area contributed by atoms with Gasteiger partial charge in [-0.1, -0.05) is 26.8 Å². The molecule has 0 saturated carbocycles. The van der Waals surface area contributed by atoms with Crippen LogP contribution in [-0.4, -0.2) is 10.8 Å². The molecule has 0 saturated heterocycles. The average molecular weight is 177 g/mol. The fourth-order valence-corrected chi connectivity index (χ4v) is 0.932. The first-order valence-electron chi connectivity index (χ1n) is 4.43. The van der Waals surface area contributed by atoms with Crippen LogP contribution < -0.4 is 0 Å². The first-order valence-corrected chi connectivity index (χ1v) is 4.43. The molecule has 0 spiro atoms. The fraction of sp³-hybridized carbons (Fsp3) is 0.455. The Hall–Kier alpha value is -1.18. The van der Waals surface area contributed by atoms with Crippen LogP contribution in [-0.2, 0) is 11.2 Å². The highest BCUT2D eigenvalue weighted by Gasteiger charge is 2.21. The lowest BCUT2D eigenvalue weighted by Crippen LogP contribution is -2.22. The molecular weight excluding hydrogens is 162 g/mol. The summed E-state index contributed by atoms with van der Waals surface area (Å²) in [6, 6.07) is 5.63. The van der Waals surface area contributed by atoms with Crippen LogP contribution in [0.3, 0.4) is 0 Å². The van der Waals surface area contributed by atoms with E-state index in [1.165, 1.54) is 0 Å². The monoisotopic (exact) mass is 177 g/mol. The van der Waals surface area contributed by atoms with Crippen LogP contribution >= 0.6 is 0 Å². The Bertz CT molecular complexity index is 285. The topological polar surface area (TPSA) is 30.0 Å². The number of carbonyl (C=O) groups excluding carboxylic acids is 1. The summed E-state index contributed by atoms with van der Waals surface area (Å²) in [6.45, 7) is 5.79. The molecule has 0 radical (unpaired) electrons. The maximum atomic E-state index is 11.6. The summed E-state index contributed by atoms with van der Waals surface area (Å²) in [5, 5.41) is 0. The van der Waals surface area contributed by atoms with Gasteiger partial charge in [-0.25, -0.2) is 0 Å². The van der Waals surface area contributed by atoms with E-state index in [-0.39, 0.29) is 11.2 Å². The van der Waals surface area contributed by atoms with Gasteiger partial charge < -0.3 is 0 Å². The second-order valence-corrected chi connectivity index (χ2v) is 4.17. The summed E-state index contributed by atoms with van der Waals surface area (Å²) in [6.07, 6.45) is 2.15. The van der Waals surface area contributed by atoms with E-state index in [2.05, 4.69) is 4.98 Å². The zero-order valence-electron chi connectivity index (χ0n) is 8.37. The summed E-state index contributed by atoms with van der Waals surface area (Å²) in [4.78, 5) is 15.7. The quantitative estimate of drug-likeness (QED) is 0.693. The average Bonchev–Trinajstić information content (AvgIpc) is 2.04. The molecule has 0 aliphatic rings. The molecule has 1 heterocycles. The van der Waals surface area contributed by atoms with Crippen molar-refractivity contribution in [1.29, 1.82) is 0 Å². The molecule has 2 nitrogen and oxygen atoms in total. The molecule has 0 atom stereocenters. The van der Waals surface area contributed by atoms with Gasteiger partial charge in [0.15, 0.2) is 0 Å². The van der Waals surface area contributed by atoms with Gasteiger partial charge in [-0.2, -0.15) is 0 Å². The molecule has 1 aromatic rings. The van der Waals surface area contributed by atoms with Crippen LogP contribution in [0.4, 0.5) is 0 Å². The predicted molar refractivity (Wildman–Crippen MR) is 52.4 cm³/mol. The lowest BCUT2D eigenvalue weighted by Gasteiger charge is -2.15. The van der Waals surface area contributed by atoms with Crippen LogP contribution in [0, 0.1) is 5.41 Å². The molecular formula is C11H15NO. The number of nitrogens with zero attached hydrogens (tertiary/aromatic N) is 1. The fourth-order valence-electron chi connectivity index (χ4n) is 0.932. The third kappa shape index (κ3) is 2.98. The lowest BCUT2D eigenvalue weighted by atomic mass is 9.88. The molecule has 13 heavy (non-hydrogen) atoms. The minimum Gasteiger partial charge on any atom is -0.299 e. The van der Waals surface area contributed by atoms with Crippen molar-refractivity contribution in [2.45, 2.75) is 27.2 Å². The van der Waals surface area contributed by atoms with Crippen LogP contribution in [0.25, 0.3) is 0 Å². The number of carbonyl (C=O) groups is 1. The predicted octanol–water partition coefficient (Wildman–Crippen LogP) is 2.24. The molecule has 70 valence electrons. The first-order chi connectivity index (χ1) is 6.00. The van der Waals surface area contributed by atoms with Crippen LogP contribution in [0.2, 0.25) is 0 Å². The standard InChI is InChI=1S/C11H15NO/c1-11(2,3)10(13)8-9-6-4-5-7-12-9/h4-7H,8H2,1-3H3. The van der Waals surface area contributed by atoms with Gasteiger partial charge in [-0.15, -0.1) is 0 Å². The Kier molecular flexibility index (Phi) is 2.81. The number of hydrogen-bond donors (Lipinski definition) is 0. The van der Waals surface area contributed by atoms with E-state index in [1.807, 2.05) is 39.0 Å². The largest absolute Gasteiger partial charge is 0.299 e. The molecule has 2 heteroatoms. The number of ketones is 1. The van der Waals surface area contributed by atoms with Gasteiger partial charge in [0.1, 0.15) is 5.78 Å². The molecule has 1 rings (SSSR count). The van der Waals surface area contributed by atoms with Crippen molar-refractivity contribution in [2.75, 3.05) is 0 Å². The second kappa shape index (κ2) is 3.69. The van der Waals surface area contributed by atoms with Crippen LogP contribution in [0.1, 0.15) is 26.5 Å². The summed E-state index contributed by atoms with van der Waals surface area (Å²) < 4.78 is 0. The van der Waals surface area contributed by atoms with Gasteiger partial charge >= 0.3 is 0 Å². The number of Topliss-reactive ketones (excluding diaryl/α,β-unsaturated/α-hetero) is 1. The molecule has 0 aliphatic carbocycles. The lowest BCUT2D eigenvalue weighted by molar-refractivity contribution is -0.125. The van der Waals surface area contributed by atoms with E-state index in [0.717, 1.165) is 5.69 Å². The minimum atomic E-state index is -0.266. The Morgan fingerprint density at radius 1 is 1.38 bits per heavy atom. The van der Waals surface area contributed by atoms with Gasteiger partial charge in [0.05, 0.1) is 0 Å². The van der Waals surface area contributed by atoms with Gasteiger partial charge in [-0.3, -0.25) is 9.78 Å². The van der Waals surface area contributed by atoms with Crippen molar-refractivity contribution in [3.05, 3.63) is 30.1 Å². The smallest absolute Gasteiger partial charge is 0.144 e. The van der Waals surface area contributed by atoms with Crippen molar-refractivity contribution in [2.24, 2.45) is 5.41 Å². The molecule has 0 N–H and O–H groups in total. The number of pyridine rings is 1. The molecule has 0 aromatic carbocycles. The van der Waals surface area contributed by atoms with Crippen molar-refractivity contribution < 1.29 is 4.79 Å². The number of aromatic nitrogens is 1. The third-order valence-corrected chi connectivity index (χ3v) is 1.90. The highest BCUT2D eigenvalue weighted by atomic mass is 16.1. The molecule has 0 amide bonds. The molecule has 1 aromatic heterocycles. The summed E-state index contributed by atoms with van der Waals surface area (Å²) in [5.74, 6) is 0.228. The maximum Gasteiger partial charge on any atom is 0.144 e. The van der Waals surface area contributed by atoms with E-state index >= 15 is 0 Å². The van der Waals surface area contributed by atoms with Gasteiger partial charge in [-0.05, 0) is 12.1 Å². The van der Waals surface area contributed by atoms with E-state index < -0.39 is 0 Å². The molecule has 0 bridgehead atoms. The van der Waals surface area contributed by atoms with Gasteiger partial charge in [0, 0.05) is 23.7 Å². The normalized spacial score (nSPS) is 11.3. The Morgan fingerprint density at radius 2 is 2.08 bits per heavy atom. The van der Waals surface area contributed by atoms with Crippen molar-refractivity contribution in [3.8, 4) is 0 Å². The molecule has 0 fully saturated rings. The van der Waals surface area contributed by atoms with Crippen molar-refractivity contribution in [1.82, 2.24) is 4.98 Å². The first kappa shape index (κ1) is 9.90. The van der Waals surface area contributed by atoms with Gasteiger partial charge in [0.2, 0.25) is 0 Å². The van der Waals surface area contributed by atoms with Crippen LogP contribution in [0.15, 0.2) is 24.4 Å². The molecule has 0 unspecified atom stereocenters. The van der Waals surface area contributed by atoms with E-state index in [0.29, 0.717) is 6.42 Å². The number of rotatable bonds is 2. The van der Waals surface area contributed by atoms with Crippen LogP contribution in [0.5, 0.6) is 0 Å². The van der Waals surface area contributed by atoms with Crippen molar-refractivity contribution >= 4 is 5.78 Å². The third-order valence-electron chi connectivity index (χ3n) is 1.90. The van der Waals surface area contributed by atoms with E-state index in [1.54, 1.807) is 6.20 Å². The summed E-state index contributed by atoms with van der Waals surface area (Å²) in [5.41, 5.74) is 0.583. The number of hydrogen-bond acceptors (Lipinski definition) is 2. The Balaban J connectivity index is 2.66. The SMILES string of the molecule is CC(C)(C)C(=O)Cc1ccccn1. The summed E-state index contributed by atoms with van der Waals surface area (Å²) >= 11 is 0. The highest BCUT2D eigenvalue weighted by Crippen LogP contribution is 2.16. The Morgan fingerprint density at radius 3 is 2.54 bits per heavy atom.